The van der Waals surface area contributed by atoms with Crippen LogP contribution in [-0.4, -0.2) is 18.1 Å². The highest BCUT2D eigenvalue weighted by Gasteiger charge is 2.48. The summed E-state index contributed by atoms with van der Waals surface area (Å²) in [5, 5.41) is 8.84. The first kappa shape index (κ1) is 15.8. The normalized spacial score (nSPS) is 23.3. The van der Waals surface area contributed by atoms with Gasteiger partial charge in [-0.3, -0.25) is 0 Å². The largest absolute Gasteiger partial charge is 0.376 e. The molecular formula is C16H18F3NO. The molecule has 2 nitrogen and oxygen atoms in total. The SMILES string of the molecule is CC1(C)CC(C(c2ccc(F)cc2)C(F)(F)C#N)CCO1. The van der Waals surface area contributed by atoms with E-state index in [1.54, 1.807) is 0 Å². The number of nitrogens with zero attached hydrogens (tertiary/aromatic N) is 1. The Kier molecular flexibility index (Phi) is 4.29. The van der Waals surface area contributed by atoms with Gasteiger partial charge in [0.25, 0.3) is 0 Å². The van der Waals surface area contributed by atoms with Crippen molar-refractivity contribution in [2.75, 3.05) is 6.61 Å². The van der Waals surface area contributed by atoms with Crippen LogP contribution in [0.1, 0.15) is 38.2 Å². The Morgan fingerprint density at radius 1 is 1.33 bits per heavy atom. The van der Waals surface area contributed by atoms with E-state index >= 15 is 0 Å². The first-order valence-corrected chi connectivity index (χ1v) is 6.94. The molecule has 0 N–H and O–H groups in total. The van der Waals surface area contributed by atoms with Crippen LogP contribution in [0.2, 0.25) is 0 Å². The number of benzene rings is 1. The summed E-state index contributed by atoms with van der Waals surface area (Å²) < 4.78 is 46.9. The highest BCUT2D eigenvalue weighted by atomic mass is 19.3. The molecule has 0 aromatic heterocycles. The zero-order chi connectivity index (χ0) is 15.7. The Bertz CT molecular complexity index is 533. The van der Waals surface area contributed by atoms with Crippen LogP contribution in [0.4, 0.5) is 13.2 Å². The van der Waals surface area contributed by atoms with Crippen LogP contribution in [0.25, 0.3) is 0 Å². The molecule has 0 saturated carbocycles. The molecule has 0 aliphatic carbocycles. The maximum atomic E-state index is 14.1. The quantitative estimate of drug-likeness (QED) is 0.834. The van der Waals surface area contributed by atoms with E-state index < -0.39 is 23.3 Å². The van der Waals surface area contributed by atoms with Crippen LogP contribution in [0.5, 0.6) is 0 Å². The highest BCUT2D eigenvalue weighted by Crippen LogP contribution is 2.45. The molecule has 2 rings (SSSR count). The molecule has 1 saturated heterocycles. The molecule has 21 heavy (non-hydrogen) atoms. The number of hydrogen-bond acceptors (Lipinski definition) is 2. The molecule has 1 aromatic rings. The maximum absolute atomic E-state index is 14.1. The van der Waals surface area contributed by atoms with E-state index in [0.717, 1.165) is 18.2 Å². The van der Waals surface area contributed by atoms with Crippen LogP contribution in [0, 0.1) is 23.1 Å². The molecule has 1 aliphatic heterocycles. The van der Waals surface area contributed by atoms with Gasteiger partial charge < -0.3 is 4.74 Å². The number of ether oxygens (including phenoxy) is 1. The van der Waals surface area contributed by atoms with E-state index in [4.69, 9.17) is 10.00 Å². The van der Waals surface area contributed by atoms with E-state index in [1.807, 2.05) is 13.8 Å². The molecule has 5 heteroatoms. The summed E-state index contributed by atoms with van der Waals surface area (Å²) in [6.45, 7) is 4.09. The first-order valence-electron chi connectivity index (χ1n) is 6.94. The second-order valence-electron chi connectivity index (χ2n) is 6.13. The monoisotopic (exact) mass is 297 g/mol. The van der Waals surface area contributed by atoms with E-state index in [2.05, 4.69) is 0 Å². The van der Waals surface area contributed by atoms with Gasteiger partial charge in [-0.05, 0) is 50.3 Å². The predicted molar refractivity (Wildman–Crippen MR) is 72.5 cm³/mol. The van der Waals surface area contributed by atoms with Gasteiger partial charge in [0.15, 0.2) is 0 Å². The van der Waals surface area contributed by atoms with Crippen LogP contribution in [0.15, 0.2) is 24.3 Å². The molecule has 0 spiro atoms. The second-order valence-corrected chi connectivity index (χ2v) is 6.13. The molecule has 114 valence electrons. The van der Waals surface area contributed by atoms with Gasteiger partial charge in [-0.2, -0.15) is 14.0 Å². The summed E-state index contributed by atoms with van der Waals surface area (Å²) in [5.41, 5.74) is -0.196. The lowest BCUT2D eigenvalue weighted by Gasteiger charge is -2.40. The lowest BCUT2D eigenvalue weighted by atomic mass is 9.74. The van der Waals surface area contributed by atoms with Gasteiger partial charge in [-0.1, -0.05) is 12.1 Å². The molecule has 1 aromatic carbocycles. The molecule has 2 unspecified atom stereocenters. The summed E-state index contributed by atoms with van der Waals surface area (Å²) >= 11 is 0. The van der Waals surface area contributed by atoms with Crippen molar-refractivity contribution in [1.82, 2.24) is 0 Å². The smallest absolute Gasteiger partial charge is 0.338 e. The van der Waals surface area contributed by atoms with E-state index in [0.29, 0.717) is 25.0 Å². The van der Waals surface area contributed by atoms with Crippen molar-refractivity contribution >= 4 is 0 Å². The molecule has 0 radical (unpaired) electrons. The third kappa shape index (κ3) is 3.56. The first-order chi connectivity index (χ1) is 9.75. The Balaban J connectivity index is 2.37. The molecule has 1 aliphatic rings. The van der Waals surface area contributed by atoms with E-state index in [1.165, 1.54) is 12.1 Å². The zero-order valence-electron chi connectivity index (χ0n) is 12.1. The van der Waals surface area contributed by atoms with Gasteiger partial charge in [0.2, 0.25) is 0 Å². The van der Waals surface area contributed by atoms with Crippen molar-refractivity contribution in [3.63, 3.8) is 0 Å². The van der Waals surface area contributed by atoms with Crippen molar-refractivity contribution in [3.8, 4) is 6.07 Å². The molecule has 2 atom stereocenters. The Hall–Kier alpha value is -1.54. The molecule has 0 amide bonds. The number of hydrogen-bond donors (Lipinski definition) is 0. The highest BCUT2D eigenvalue weighted by molar-refractivity contribution is 5.27. The van der Waals surface area contributed by atoms with Crippen molar-refractivity contribution < 1.29 is 17.9 Å². The number of alkyl halides is 2. The van der Waals surface area contributed by atoms with Crippen molar-refractivity contribution in [2.45, 2.75) is 44.1 Å². The summed E-state index contributed by atoms with van der Waals surface area (Å²) in [6, 6.07) is 6.10. The fourth-order valence-corrected chi connectivity index (χ4v) is 3.08. The third-order valence-electron chi connectivity index (χ3n) is 3.98. The minimum absolute atomic E-state index is 0.297. The standard InChI is InChI=1S/C16H18F3NO/c1-15(2)9-12(7-8-21-15)14(16(18,19)10-20)11-3-5-13(17)6-4-11/h3-6,12,14H,7-9H2,1-2H3. The summed E-state index contributed by atoms with van der Waals surface area (Å²) in [7, 11) is 0. The zero-order valence-corrected chi connectivity index (χ0v) is 12.1. The predicted octanol–water partition coefficient (Wildman–Crippen LogP) is 4.27. The summed E-state index contributed by atoms with van der Waals surface area (Å²) in [6.07, 6.45) is 0.898. The van der Waals surface area contributed by atoms with Crippen molar-refractivity contribution in [1.29, 1.82) is 5.26 Å². The molecule has 0 bridgehead atoms. The third-order valence-corrected chi connectivity index (χ3v) is 3.98. The van der Waals surface area contributed by atoms with Gasteiger partial charge in [0.1, 0.15) is 11.9 Å². The fraction of sp³-hybridized carbons (Fsp3) is 0.562. The minimum Gasteiger partial charge on any atom is -0.376 e. The van der Waals surface area contributed by atoms with Gasteiger partial charge in [0, 0.05) is 6.61 Å². The Morgan fingerprint density at radius 2 is 1.95 bits per heavy atom. The molecule has 1 heterocycles. The second kappa shape index (κ2) is 5.69. The van der Waals surface area contributed by atoms with Crippen molar-refractivity contribution in [2.24, 2.45) is 5.92 Å². The lowest BCUT2D eigenvalue weighted by Crippen LogP contribution is -2.40. The van der Waals surface area contributed by atoms with Crippen LogP contribution in [-0.2, 0) is 4.74 Å². The summed E-state index contributed by atoms with van der Waals surface area (Å²) in [5.74, 6) is -5.60. The summed E-state index contributed by atoms with van der Waals surface area (Å²) in [4.78, 5) is 0. The van der Waals surface area contributed by atoms with Crippen molar-refractivity contribution in [3.05, 3.63) is 35.6 Å². The van der Waals surface area contributed by atoms with Gasteiger partial charge in [0.05, 0.1) is 11.5 Å². The molecule has 1 fully saturated rings. The average molecular weight is 297 g/mol. The topological polar surface area (TPSA) is 33.0 Å². The average Bonchev–Trinajstić information content (AvgIpc) is 2.40. The lowest BCUT2D eigenvalue weighted by molar-refractivity contribution is -0.0961. The Morgan fingerprint density at radius 3 is 2.48 bits per heavy atom. The maximum Gasteiger partial charge on any atom is 0.338 e. The Labute approximate surface area is 122 Å². The molecular weight excluding hydrogens is 279 g/mol. The van der Waals surface area contributed by atoms with Crippen LogP contribution in [0.3, 0.4) is 0 Å². The number of rotatable bonds is 3. The van der Waals surface area contributed by atoms with Crippen LogP contribution >= 0.6 is 0 Å². The number of nitriles is 1. The van der Waals surface area contributed by atoms with Gasteiger partial charge in [-0.15, -0.1) is 0 Å². The van der Waals surface area contributed by atoms with E-state index in [9.17, 15) is 13.2 Å². The fourth-order valence-electron chi connectivity index (χ4n) is 3.08. The minimum atomic E-state index is -3.49. The van der Waals surface area contributed by atoms with Gasteiger partial charge in [-0.25, -0.2) is 4.39 Å². The van der Waals surface area contributed by atoms with Gasteiger partial charge >= 0.3 is 5.92 Å². The van der Waals surface area contributed by atoms with Crippen LogP contribution < -0.4 is 0 Å². The van der Waals surface area contributed by atoms with E-state index in [-0.39, 0.29) is 5.92 Å². The number of halogens is 3.